The van der Waals surface area contributed by atoms with Crippen molar-refractivity contribution in [2.45, 2.75) is 0 Å². The number of aromatic nitrogens is 6. The third-order valence-corrected chi connectivity index (χ3v) is 9.47. The van der Waals surface area contributed by atoms with Crippen LogP contribution >= 0.6 is 0 Å². The number of hydrogen-bond acceptors (Lipinski definition) is 4. The molecule has 10 rings (SSSR count). The average Bonchev–Trinajstić information content (AvgIpc) is 3.71. The monoisotopic (exact) mass is 640 g/mol. The third-order valence-electron chi connectivity index (χ3n) is 9.47. The molecule has 234 valence electrons. The van der Waals surface area contributed by atoms with E-state index in [0.29, 0.717) is 17.5 Å². The predicted octanol–water partition coefficient (Wildman–Crippen LogP) is 10.5. The smallest absolute Gasteiger partial charge is 0.164 e. The Bertz CT molecular complexity index is 2740. The van der Waals surface area contributed by atoms with Gasteiger partial charge in [0.2, 0.25) is 0 Å². The molecule has 0 N–H and O–H groups in total. The number of pyridine rings is 1. The summed E-state index contributed by atoms with van der Waals surface area (Å²) in [5, 5.41) is 4.73. The second kappa shape index (κ2) is 11.4. The Balaban J connectivity index is 1.24. The molecule has 50 heavy (non-hydrogen) atoms. The quantitative estimate of drug-likeness (QED) is 0.188. The number of fused-ring (bicyclic) bond motifs is 6. The molecule has 0 atom stereocenters. The standard InChI is InChI=1S/C44H28N6/c1-3-11-29(12-4-1)42-46-43(30-13-5-2-6-14-30)48-44(47-42)31-19-21-40-36(27-31)37-28-33(20-22-41(37)49(40)32-23-25-45-26-24-32)50-38-17-9-7-15-34(38)35-16-8-10-18-39(35)50/h1-28H. The molecule has 6 heteroatoms. The van der Waals surface area contributed by atoms with Crippen LogP contribution in [0.2, 0.25) is 0 Å². The minimum Gasteiger partial charge on any atom is -0.309 e. The number of hydrogen-bond donors (Lipinski definition) is 0. The van der Waals surface area contributed by atoms with Crippen molar-refractivity contribution in [3.05, 3.63) is 170 Å². The van der Waals surface area contributed by atoms with Crippen LogP contribution in [-0.2, 0) is 0 Å². The Morgan fingerprint density at radius 2 is 0.780 bits per heavy atom. The molecule has 0 bridgehead atoms. The Labute approximate surface area is 287 Å². The molecule has 0 saturated heterocycles. The molecule has 0 spiro atoms. The Hall–Kier alpha value is -6.92. The first kappa shape index (κ1) is 28.1. The van der Waals surface area contributed by atoms with Gasteiger partial charge in [0.25, 0.3) is 0 Å². The molecule has 6 nitrogen and oxygen atoms in total. The molecule has 0 radical (unpaired) electrons. The lowest BCUT2D eigenvalue weighted by atomic mass is 10.1. The molecule has 0 fully saturated rings. The van der Waals surface area contributed by atoms with Gasteiger partial charge < -0.3 is 9.13 Å². The molecular weight excluding hydrogens is 613 g/mol. The maximum atomic E-state index is 5.04. The van der Waals surface area contributed by atoms with Crippen LogP contribution in [0.1, 0.15) is 0 Å². The Kier molecular flexibility index (Phi) is 6.39. The van der Waals surface area contributed by atoms with Gasteiger partial charge in [-0.3, -0.25) is 4.98 Å². The third kappa shape index (κ3) is 4.50. The van der Waals surface area contributed by atoms with E-state index >= 15 is 0 Å². The zero-order chi connectivity index (χ0) is 33.0. The minimum atomic E-state index is 0.628. The van der Waals surface area contributed by atoms with Gasteiger partial charge in [0.15, 0.2) is 17.5 Å². The van der Waals surface area contributed by atoms with E-state index in [1.165, 1.54) is 21.8 Å². The maximum Gasteiger partial charge on any atom is 0.164 e. The van der Waals surface area contributed by atoms with E-state index in [2.05, 4.69) is 111 Å². The Morgan fingerprint density at radius 3 is 1.38 bits per heavy atom. The molecule has 0 aliphatic rings. The van der Waals surface area contributed by atoms with Crippen LogP contribution in [0.4, 0.5) is 0 Å². The topological polar surface area (TPSA) is 61.4 Å². The molecule has 10 aromatic rings. The van der Waals surface area contributed by atoms with Gasteiger partial charge >= 0.3 is 0 Å². The lowest BCUT2D eigenvalue weighted by Gasteiger charge is -2.10. The van der Waals surface area contributed by atoms with Gasteiger partial charge in [0, 0.05) is 62.0 Å². The summed E-state index contributed by atoms with van der Waals surface area (Å²) in [6.45, 7) is 0. The van der Waals surface area contributed by atoms with Gasteiger partial charge in [-0.25, -0.2) is 15.0 Å². The summed E-state index contributed by atoms with van der Waals surface area (Å²) in [6.07, 6.45) is 3.68. The summed E-state index contributed by atoms with van der Waals surface area (Å²) >= 11 is 0. The normalized spacial score (nSPS) is 11.6. The van der Waals surface area contributed by atoms with Crippen LogP contribution in [0.3, 0.4) is 0 Å². The molecule has 4 aromatic heterocycles. The zero-order valence-electron chi connectivity index (χ0n) is 26.8. The van der Waals surface area contributed by atoms with Crippen molar-refractivity contribution in [2.24, 2.45) is 0 Å². The largest absolute Gasteiger partial charge is 0.309 e. The summed E-state index contributed by atoms with van der Waals surface area (Å²) in [6, 6.07) is 54.9. The zero-order valence-corrected chi connectivity index (χ0v) is 26.8. The van der Waals surface area contributed by atoms with Crippen LogP contribution in [0.15, 0.2) is 170 Å². The highest BCUT2D eigenvalue weighted by atomic mass is 15.0. The average molecular weight is 641 g/mol. The number of benzene rings is 6. The number of para-hydroxylation sites is 2. The summed E-state index contributed by atoms with van der Waals surface area (Å²) in [5.41, 5.74) is 9.53. The van der Waals surface area contributed by atoms with Crippen molar-refractivity contribution in [3.8, 4) is 45.5 Å². The molecular formula is C44H28N6. The first-order valence-corrected chi connectivity index (χ1v) is 16.6. The van der Waals surface area contributed by atoms with Crippen molar-refractivity contribution in [3.63, 3.8) is 0 Å². The van der Waals surface area contributed by atoms with Crippen LogP contribution in [0.25, 0.3) is 89.2 Å². The van der Waals surface area contributed by atoms with E-state index in [4.69, 9.17) is 15.0 Å². The molecule has 0 aliphatic carbocycles. The minimum absolute atomic E-state index is 0.628. The van der Waals surface area contributed by atoms with Crippen LogP contribution in [-0.4, -0.2) is 29.1 Å². The van der Waals surface area contributed by atoms with Gasteiger partial charge in [-0.15, -0.1) is 0 Å². The van der Waals surface area contributed by atoms with E-state index in [9.17, 15) is 0 Å². The summed E-state index contributed by atoms with van der Waals surface area (Å²) < 4.78 is 4.68. The van der Waals surface area contributed by atoms with Crippen molar-refractivity contribution in [2.75, 3.05) is 0 Å². The second-order valence-electron chi connectivity index (χ2n) is 12.4. The van der Waals surface area contributed by atoms with E-state index in [-0.39, 0.29) is 0 Å². The second-order valence-corrected chi connectivity index (χ2v) is 12.4. The molecule has 0 aliphatic heterocycles. The van der Waals surface area contributed by atoms with Gasteiger partial charge in [0.05, 0.1) is 22.1 Å². The van der Waals surface area contributed by atoms with Crippen molar-refractivity contribution >= 4 is 43.6 Å². The highest BCUT2D eigenvalue weighted by Gasteiger charge is 2.18. The predicted molar refractivity (Wildman–Crippen MR) is 203 cm³/mol. The van der Waals surface area contributed by atoms with Crippen LogP contribution in [0, 0.1) is 0 Å². The number of nitrogens with zero attached hydrogens (tertiary/aromatic N) is 6. The maximum absolute atomic E-state index is 5.04. The summed E-state index contributed by atoms with van der Waals surface area (Å²) in [5.74, 6) is 1.91. The van der Waals surface area contributed by atoms with E-state index < -0.39 is 0 Å². The first-order valence-electron chi connectivity index (χ1n) is 16.6. The highest BCUT2D eigenvalue weighted by molar-refractivity contribution is 6.12. The molecule has 4 heterocycles. The van der Waals surface area contributed by atoms with Crippen molar-refractivity contribution in [1.29, 1.82) is 0 Å². The fourth-order valence-electron chi connectivity index (χ4n) is 7.20. The lowest BCUT2D eigenvalue weighted by Crippen LogP contribution is -2.00. The molecule has 6 aromatic carbocycles. The van der Waals surface area contributed by atoms with Gasteiger partial charge in [-0.05, 0) is 60.7 Å². The van der Waals surface area contributed by atoms with Gasteiger partial charge in [0.1, 0.15) is 0 Å². The molecule has 0 saturated carbocycles. The van der Waals surface area contributed by atoms with Crippen molar-refractivity contribution in [1.82, 2.24) is 29.1 Å². The van der Waals surface area contributed by atoms with Gasteiger partial charge in [-0.2, -0.15) is 0 Å². The Morgan fingerprint density at radius 1 is 0.320 bits per heavy atom. The van der Waals surface area contributed by atoms with E-state index in [1.54, 1.807) is 0 Å². The fraction of sp³-hybridized carbons (Fsp3) is 0. The molecule has 0 amide bonds. The number of rotatable bonds is 5. The van der Waals surface area contributed by atoms with Crippen LogP contribution < -0.4 is 0 Å². The van der Waals surface area contributed by atoms with Crippen molar-refractivity contribution < 1.29 is 0 Å². The summed E-state index contributed by atoms with van der Waals surface area (Å²) in [4.78, 5) is 19.3. The molecule has 0 unspecified atom stereocenters. The fourth-order valence-corrected chi connectivity index (χ4v) is 7.20. The lowest BCUT2D eigenvalue weighted by molar-refractivity contribution is 1.07. The van der Waals surface area contributed by atoms with E-state index in [1.807, 2.05) is 73.1 Å². The van der Waals surface area contributed by atoms with Crippen LogP contribution in [0.5, 0.6) is 0 Å². The summed E-state index contributed by atoms with van der Waals surface area (Å²) in [7, 11) is 0. The van der Waals surface area contributed by atoms with Gasteiger partial charge in [-0.1, -0.05) is 97.1 Å². The van der Waals surface area contributed by atoms with E-state index in [0.717, 1.165) is 49.9 Å². The first-order chi connectivity index (χ1) is 24.8. The SMILES string of the molecule is c1ccc(-c2nc(-c3ccccc3)nc(-c3ccc4c(c3)c3cc(-n5c6ccccc6c6ccccc65)ccc3n4-c3ccncc3)n2)cc1. The highest BCUT2D eigenvalue weighted by Crippen LogP contribution is 2.38.